The Balaban J connectivity index is 1.72. The molecule has 0 aromatic carbocycles. The molecule has 0 aromatic rings. The van der Waals surface area contributed by atoms with Crippen LogP contribution in [0.25, 0.3) is 0 Å². The minimum atomic E-state index is -0.676. The maximum atomic E-state index is 12.0. The number of rotatable bonds is 2. The molecular formula is C14H23N3O4. The fourth-order valence-corrected chi connectivity index (χ4v) is 3.93. The quantitative estimate of drug-likeness (QED) is 0.744. The van der Waals surface area contributed by atoms with Crippen molar-refractivity contribution in [1.82, 2.24) is 4.90 Å². The highest BCUT2D eigenvalue weighted by molar-refractivity contribution is 5.86. The van der Waals surface area contributed by atoms with Gasteiger partial charge in [-0.25, -0.2) is 4.79 Å². The zero-order valence-electron chi connectivity index (χ0n) is 12.8. The number of nitrogens with two attached hydrogens (primary N) is 2. The van der Waals surface area contributed by atoms with E-state index in [1.807, 2.05) is 20.8 Å². The molecule has 4 aliphatic rings. The Morgan fingerprint density at radius 3 is 2.29 bits per heavy atom. The second-order valence-corrected chi connectivity index (χ2v) is 7.62. The smallest absolute Gasteiger partial charge is 0.410 e. The molecule has 3 heterocycles. The second-order valence-electron chi connectivity index (χ2n) is 7.62. The van der Waals surface area contributed by atoms with E-state index in [1.165, 1.54) is 0 Å². The van der Waals surface area contributed by atoms with Crippen LogP contribution in [0.3, 0.4) is 0 Å². The van der Waals surface area contributed by atoms with Crippen LogP contribution in [0, 0.1) is 5.41 Å². The van der Waals surface area contributed by atoms with Gasteiger partial charge in [-0.05, 0) is 33.6 Å². The molecule has 1 spiro atoms. The molecule has 118 valence electrons. The van der Waals surface area contributed by atoms with Gasteiger partial charge in [0, 0.05) is 6.54 Å². The molecule has 0 unspecified atom stereocenters. The van der Waals surface area contributed by atoms with Gasteiger partial charge < -0.3 is 25.8 Å². The zero-order chi connectivity index (χ0) is 15.7. The largest absolute Gasteiger partial charge is 0.444 e. The fourth-order valence-electron chi connectivity index (χ4n) is 3.93. The average molecular weight is 297 g/mol. The van der Waals surface area contributed by atoms with E-state index in [1.54, 1.807) is 4.90 Å². The number of ether oxygens (including phenoxy) is 2. The minimum absolute atomic E-state index is 0.340. The lowest BCUT2D eigenvalue weighted by Gasteiger charge is -2.53. The number of nitrogens with zero attached hydrogens (tertiary/aromatic N) is 1. The van der Waals surface area contributed by atoms with Crippen LogP contribution in [0.1, 0.15) is 33.6 Å². The highest BCUT2D eigenvalue weighted by Crippen LogP contribution is 2.68. The van der Waals surface area contributed by atoms with E-state index in [9.17, 15) is 9.59 Å². The van der Waals surface area contributed by atoms with Crippen LogP contribution in [-0.4, -0.2) is 53.3 Å². The summed E-state index contributed by atoms with van der Waals surface area (Å²) in [7, 11) is 0. The molecule has 1 aliphatic carbocycles. The summed E-state index contributed by atoms with van der Waals surface area (Å²) >= 11 is 0. The standard InChI is InChI=1S/C14H23N3O4/c1-11(2,3)20-10(19)17-7-14(8-17)13(9(16)18)4-12(5-13,6-15)21-14/h4-8,15H2,1-3H3,(H2,16,18). The third-order valence-electron chi connectivity index (χ3n) is 4.92. The van der Waals surface area contributed by atoms with Crippen molar-refractivity contribution in [3.8, 4) is 0 Å². The Kier molecular flexibility index (Phi) is 2.71. The highest BCUT2D eigenvalue weighted by Gasteiger charge is 2.80. The third-order valence-corrected chi connectivity index (χ3v) is 4.92. The van der Waals surface area contributed by atoms with Crippen molar-refractivity contribution >= 4 is 12.0 Å². The summed E-state index contributed by atoms with van der Waals surface area (Å²) in [6, 6.07) is 0. The van der Waals surface area contributed by atoms with Gasteiger partial charge in [0.2, 0.25) is 5.91 Å². The molecule has 2 bridgehead atoms. The van der Waals surface area contributed by atoms with Gasteiger partial charge in [0.25, 0.3) is 0 Å². The zero-order valence-corrected chi connectivity index (χ0v) is 12.8. The molecule has 3 aliphatic heterocycles. The lowest BCUT2D eigenvalue weighted by atomic mass is 9.53. The Bertz CT molecular complexity index is 499. The van der Waals surface area contributed by atoms with Gasteiger partial charge in [0.15, 0.2) is 0 Å². The first-order valence-corrected chi connectivity index (χ1v) is 7.25. The normalized spacial score (nSPS) is 36.1. The predicted octanol–water partition coefficient (Wildman–Crippen LogP) is -0.0309. The van der Waals surface area contributed by atoms with E-state index in [4.69, 9.17) is 20.9 Å². The molecule has 7 nitrogen and oxygen atoms in total. The molecule has 4 fully saturated rings. The topological polar surface area (TPSA) is 108 Å². The molecule has 0 radical (unpaired) electrons. The first-order valence-electron chi connectivity index (χ1n) is 7.25. The number of hydrogen-bond donors (Lipinski definition) is 2. The number of amides is 2. The van der Waals surface area contributed by atoms with Gasteiger partial charge in [-0.1, -0.05) is 0 Å². The summed E-state index contributed by atoms with van der Waals surface area (Å²) in [5.41, 5.74) is 9.03. The lowest BCUT2D eigenvalue weighted by Crippen LogP contribution is -2.72. The van der Waals surface area contributed by atoms with Crippen LogP contribution in [-0.2, 0) is 14.3 Å². The number of primary amides is 1. The molecule has 21 heavy (non-hydrogen) atoms. The van der Waals surface area contributed by atoms with E-state index in [2.05, 4.69) is 0 Å². The average Bonchev–Trinajstić information content (AvgIpc) is 2.70. The lowest BCUT2D eigenvalue weighted by molar-refractivity contribution is -0.157. The molecule has 1 saturated carbocycles. The molecule has 0 atom stereocenters. The minimum Gasteiger partial charge on any atom is -0.444 e. The molecule has 2 amide bonds. The van der Waals surface area contributed by atoms with Gasteiger partial charge >= 0.3 is 6.09 Å². The second kappa shape index (κ2) is 3.89. The number of hydrogen-bond acceptors (Lipinski definition) is 5. The number of likely N-dealkylation sites (tertiary alicyclic amines) is 1. The van der Waals surface area contributed by atoms with Crippen LogP contribution >= 0.6 is 0 Å². The van der Waals surface area contributed by atoms with E-state index >= 15 is 0 Å². The summed E-state index contributed by atoms with van der Waals surface area (Å²) in [6.45, 7) is 6.50. The predicted molar refractivity (Wildman–Crippen MR) is 74.3 cm³/mol. The van der Waals surface area contributed by atoms with Crippen molar-refractivity contribution in [2.75, 3.05) is 19.6 Å². The summed E-state index contributed by atoms with van der Waals surface area (Å²) < 4.78 is 11.4. The van der Waals surface area contributed by atoms with Crippen molar-refractivity contribution in [2.24, 2.45) is 16.9 Å². The highest BCUT2D eigenvalue weighted by atomic mass is 16.6. The summed E-state index contributed by atoms with van der Waals surface area (Å²) in [5.74, 6) is -0.354. The van der Waals surface area contributed by atoms with E-state index in [0.29, 0.717) is 32.5 Å². The van der Waals surface area contributed by atoms with Gasteiger partial charge in [0.05, 0.1) is 24.1 Å². The summed E-state index contributed by atoms with van der Waals surface area (Å²) in [6.07, 6.45) is 0.740. The number of carbonyl (C=O) groups excluding carboxylic acids is 2. The van der Waals surface area contributed by atoms with Crippen molar-refractivity contribution in [1.29, 1.82) is 0 Å². The van der Waals surface area contributed by atoms with Crippen LogP contribution in [0.15, 0.2) is 0 Å². The Morgan fingerprint density at radius 1 is 1.29 bits per heavy atom. The summed E-state index contributed by atoms with van der Waals surface area (Å²) in [5, 5.41) is 0. The van der Waals surface area contributed by atoms with Crippen molar-refractivity contribution < 1.29 is 19.1 Å². The molecule has 4 rings (SSSR count). The molecule has 7 heteroatoms. The first-order chi connectivity index (χ1) is 9.57. The van der Waals surface area contributed by atoms with Crippen molar-refractivity contribution in [2.45, 2.75) is 50.4 Å². The van der Waals surface area contributed by atoms with E-state index in [-0.39, 0.29) is 12.0 Å². The molecule has 3 saturated heterocycles. The maximum Gasteiger partial charge on any atom is 0.410 e. The van der Waals surface area contributed by atoms with Gasteiger partial charge in [-0.3, -0.25) is 4.79 Å². The third kappa shape index (κ3) is 1.80. The number of carbonyl (C=O) groups is 2. The van der Waals surface area contributed by atoms with Crippen LogP contribution in [0.2, 0.25) is 0 Å². The van der Waals surface area contributed by atoms with Crippen LogP contribution in [0.4, 0.5) is 4.79 Å². The summed E-state index contributed by atoms with van der Waals surface area (Å²) in [4.78, 5) is 25.5. The molecular weight excluding hydrogens is 274 g/mol. The fraction of sp³-hybridized carbons (Fsp3) is 0.857. The van der Waals surface area contributed by atoms with Crippen LogP contribution in [0.5, 0.6) is 0 Å². The monoisotopic (exact) mass is 297 g/mol. The molecule has 0 aromatic heterocycles. The Morgan fingerprint density at radius 2 is 1.86 bits per heavy atom. The Labute approximate surface area is 123 Å². The van der Waals surface area contributed by atoms with Crippen LogP contribution < -0.4 is 11.5 Å². The van der Waals surface area contributed by atoms with E-state index in [0.717, 1.165) is 0 Å². The van der Waals surface area contributed by atoms with Crippen molar-refractivity contribution in [3.63, 3.8) is 0 Å². The van der Waals surface area contributed by atoms with Gasteiger partial charge in [-0.2, -0.15) is 0 Å². The van der Waals surface area contributed by atoms with Gasteiger partial charge in [0.1, 0.15) is 11.2 Å². The van der Waals surface area contributed by atoms with Gasteiger partial charge in [-0.15, -0.1) is 0 Å². The molecule has 4 N–H and O–H groups in total. The van der Waals surface area contributed by atoms with E-state index < -0.39 is 22.2 Å². The maximum absolute atomic E-state index is 12.0. The first kappa shape index (κ1) is 14.6. The SMILES string of the molecule is CC(C)(C)OC(=O)N1CC2(C1)OC1(CN)CC2(C(N)=O)C1. The Hall–Kier alpha value is -1.34. The van der Waals surface area contributed by atoms with Crippen molar-refractivity contribution in [3.05, 3.63) is 0 Å².